The lowest BCUT2D eigenvalue weighted by Gasteiger charge is -2.27. The van der Waals surface area contributed by atoms with Crippen molar-refractivity contribution in [3.63, 3.8) is 0 Å². The van der Waals surface area contributed by atoms with Crippen molar-refractivity contribution < 1.29 is 22.7 Å². The molecule has 3 aliphatic rings. The highest BCUT2D eigenvalue weighted by Gasteiger charge is 2.91. The summed E-state index contributed by atoms with van der Waals surface area (Å²) in [6.45, 7) is 1.78. The Morgan fingerprint density at radius 3 is 2.63 bits per heavy atom. The van der Waals surface area contributed by atoms with Crippen molar-refractivity contribution in [2.45, 2.75) is 35.7 Å². The van der Waals surface area contributed by atoms with Gasteiger partial charge in [0.2, 0.25) is 10.0 Å². The highest BCUT2D eigenvalue weighted by atomic mass is 32.2. The molecule has 1 fully saturated rings. The van der Waals surface area contributed by atoms with E-state index in [1.807, 2.05) is 12.1 Å². The quantitative estimate of drug-likeness (QED) is 0.586. The maximum absolute atomic E-state index is 13.5. The first kappa shape index (κ1) is 16.6. The molecule has 7 heteroatoms. The molecule has 2 aromatic carbocycles. The molecule has 2 aliphatic heterocycles. The molecule has 0 radical (unpaired) electrons. The van der Waals surface area contributed by atoms with Gasteiger partial charge >= 0.3 is 5.97 Å². The Hall–Kier alpha value is -2.51. The van der Waals surface area contributed by atoms with Crippen molar-refractivity contribution in [3.8, 4) is 0 Å². The summed E-state index contributed by atoms with van der Waals surface area (Å²) in [6, 6.07) is 13.6. The molecule has 0 saturated carbocycles. The van der Waals surface area contributed by atoms with Crippen LogP contribution in [0, 0.1) is 0 Å². The number of rotatable bonds is 2. The lowest BCUT2D eigenvalue weighted by atomic mass is 9.73. The minimum absolute atomic E-state index is 0.0790. The van der Waals surface area contributed by atoms with Crippen LogP contribution in [0.5, 0.6) is 0 Å². The Balaban J connectivity index is 1.80. The molecule has 1 unspecified atom stereocenters. The van der Waals surface area contributed by atoms with Crippen LogP contribution >= 0.6 is 0 Å². The highest BCUT2D eigenvalue weighted by Crippen LogP contribution is 2.71. The number of sulfonamides is 1. The minimum Gasteiger partial charge on any atom is -0.464 e. The van der Waals surface area contributed by atoms with E-state index >= 15 is 0 Å². The van der Waals surface area contributed by atoms with Gasteiger partial charge in [0, 0.05) is 11.1 Å². The number of esters is 1. The Kier molecular flexibility index (Phi) is 3.12. The lowest BCUT2D eigenvalue weighted by Crippen LogP contribution is -2.43. The van der Waals surface area contributed by atoms with E-state index in [0.717, 1.165) is 9.87 Å². The van der Waals surface area contributed by atoms with Gasteiger partial charge in [-0.05, 0) is 31.4 Å². The first-order chi connectivity index (χ1) is 12.9. The van der Waals surface area contributed by atoms with E-state index in [1.54, 1.807) is 37.3 Å². The first-order valence-electron chi connectivity index (χ1n) is 8.89. The molecule has 2 aromatic rings. The minimum atomic E-state index is -3.96. The van der Waals surface area contributed by atoms with Crippen LogP contribution in [-0.2, 0) is 31.5 Å². The number of nitrogens with zero attached hydrogens (tertiary/aromatic N) is 1. The van der Waals surface area contributed by atoms with Gasteiger partial charge in [-0.1, -0.05) is 42.5 Å². The summed E-state index contributed by atoms with van der Waals surface area (Å²) in [5, 5.41) is 0. The normalized spacial score (nSPS) is 31.7. The van der Waals surface area contributed by atoms with Gasteiger partial charge < -0.3 is 4.74 Å². The van der Waals surface area contributed by atoms with Gasteiger partial charge in [0.25, 0.3) is 0 Å². The molecule has 0 aromatic heterocycles. The van der Waals surface area contributed by atoms with Crippen molar-refractivity contribution in [1.29, 1.82) is 0 Å². The van der Waals surface area contributed by atoms with Crippen LogP contribution in [0.25, 0.3) is 0 Å². The summed E-state index contributed by atoms with van der Waals surface area (Å²) in [5.41, 5.74) is -1.32. The number of fused-ring (bicyclic) bond motifs is 6. The highest BCUT2D eigenvalue weighted by molar-refractivity contribution is 7.90. The first-order valence-corrected chi connectivity index (χ1v) is 10.3. The SMILES string of the molecule is CCOC(=O)[C@@]12c3ccccc3S(=O)(=O)N1[C@@]21CCc2ccccc2C1=O. The summed E-state index contributed by atoms with van der Waals surface area (Å²) >= 11 is 0. The van der Waals surface area contributed by atoms with Crippen LogP contribution in [0.15, 0.2) is 53.4 Å². The molecule has 0 bridgehead atoms. The van der Waals surface area contributed by atoms with E-state index in [2.05, 4.69) is 0 Å². The molecule has 1 saturated heterocycles. The van der Waals surface area contributed by atoms with Gasteiger partial charge in [0.15, 0.2) is 11.3 Å². The summed E-state index contributed by atoms with van der Waals surface area (Å²) in [4.78, 5) is 26.7. The van der Waals surface area contributed by atoms with E-state index in [4.69, 9.17) is 4.74 Å². The number of carbonyl (C=O) groups excluding carboxylic acids is 2. The lowest BCUT2D eigenvalue weighted by molar-refractivity contribution is -0.147. The number of aryl methyl sites for hydroxylation is 1. The molecule has 2 heterocycles. The van der Waals surface area contributed by atoms with Crippen molar-refractivity contribution >= 4 is 21.8 Å². The number of benzene rings is 2. The summed E-state index contributed by atoms with van der Waals surface area (Å²) in [7, 11) is -3.96. The van der Waals surface area contributed by atoms with Gasteiger partial charge in [0.1, 0.15) is 5.54 Å². The number of ketones is 1. The Morgan fingerprint density at radius 1 is 1.15 bits per heavy atom. The third kappa shape index (κ3) is 1.63. The third-order valence-corrected chi connectivity index (χ3v) is 7.94. The third-order valence-electron chi connectivity index (χ3n) is 5.96. The van der Waals surface area contributed by atoms with Crippen molar-refractivity contribution in [2.75, 3.05) is 6.61 Å². The topological polar surface area (TPSA) is 80.5 Å². The van der Waals surface area contributed by atoms with Gasteiger partial charge in [-0.3, -0.25) is 4.79 Å². The Labute approximate surface area is 156 Å². The largest absolute Gasteiger partial charge is 0.464 e. The molecule has 27 heavy (non-hydrogen) atoms. The van der Waals surface area contributed by atoms with Crippen LogP contribution in [-0.4, -0.2) is 36.6 Å². The average molecular weight is 383 g/mol. The van der Waals surface area contributed by atoms with Crippen LogP contribution < -0.4 is 0 Å². The zero-order valence-corrected chi connectivity index (χ0v) is 15.5. The number of carbonyl (C=O) groups is 2. The van der Waals surface area contributed by atoms with Crippen LogP contribution in [0.2, 0.25) is 0 Å². The standard InChI is InChI=1S/C20H17NO5S/c1-2-26-18(23)20-15-9-5-6-10-16(15)27(24,25)21(20)19(20)12-11-13-7-3-4-8-14(13)17(19)22/h3-10H,2,11-12H2,1H3/t19-,20-,21?/m1/s1. The summed E-state index contributed by atoms with van der Waals surface area (Å²) in [6.07, 6.45) is 0.784. The molecule has 1 spiro atoms. The van der Waals surface area contributed by atoms with Crippen LogP contribution in [0.4, 0.5) is 0 Å². The van der Waals surface area contributed by atoms with Gasteiger partial charge in [-0.2, -0.15) is 4.31 Å². The summed E-state index contributed by atoms with van der Waals surface area (Å²) in [5.74, 6) is -0.998. The van der Waals surface area contributed by atoms with Crippen molar-refractivity contribution in [1.82, 2.24) is 4.31 Å². The fourth-order valence-corrected chi connectivity index (χ4v) is 7.23. The van der Waals surface area contributed by atoms with E-state index in [-0.39, 0.29) is 23.7 Å². The van der Waals surface area contributed by atoms with Gasteiger partial charge in [0.05, 0.1) is 11.5 Å². The molecule has 6 nitrogen and oxygen atoms in total. The van der Waals surface area contributed by atoms with Gasteiger partial charge in [-0.15, -0.1) is 0 Å². The monoisotopic (exact) mass is 383 g/mol. The Morgan fingerprint density at radius 2 is 1.85 bits per heavy atom. The fraction of sp³-hybridized carbons (Fsp3) is 0.300. The van der Waals surface area contributed by atoms with Crippen molar-refractivity contribution in [2.24, 2.45) is 0 Å². The zero-order valence-electron chi connectivity index (χ0n) is 14.6. The predicted octanol–water partition coefficient (Wildman–Crippen LogP) is 2.03. The maximum Gasteiger partial charge on any atom is 0.334 e. The zero-order chi connectivity index (χ0) is 19.0. The molecule has 1 aliphatic carbocycles. The summed E-state index contributed by atoms with van der Waals surface area (Å²) < 4.78 is 32.9. The number of hydrogen-bond acceptors (Lipinski definition) is 5. The second-order valence-electron chi connectivity index (χ2n) is 7.04. The molecular weight excluding hydrogens is 366 g/mol. The molecule has 138 valence electrons. The van der Waals surface area contributed by atoms with E-state index in [9.17, 15) is 18.0 Å². The average Bonchev–Trinajstić information content (AvgIpc) is 3.24. The van der Waals surface area contributed by atoms with E-state index in [1.165, 1.54) is 6.07 Å². The number of Topliss-reactive ketones (excluding diaryl/α,β-unsaturated/α-hetero) is 1. The van der Waals surface area contributed by atoms with Gasteiger partial charge in [-0.25, -0.2) is 13.2 Å². The van der Waals surface area contributed by atoms with Crippen molar-refractivity contribution in [3.05, 3.63) is 65.2 Å². The molecule has 0 N–H and O–H groups in total. The number of hydrogen-bond donors (Lipinski definition) is 0. The van der Waals surface area contributed by atoms with Crippen LogP contribution in [0.3, 0.4) is 0 Å². The molecule has 3 atom stereocenters. The molecule has 5 rings (SSSR count). The molecule has 0 amide bonds. The Bertz CT molecular complexity index is 1120. The smallest absolute Gasteiger partial charge is 0.334 e. The van der Waals surface area contributed by atoms with Crippen LogP contribution in [0.1, 0.15) is 34.8 Å². The second-order valence-corrected chi connectivity index (χ2v) is 8.80. The second kappa shape index (κ2) is 5.05. The fourth-order valence-electron chi connectivity index (χ4n) is 4.93. The van der Waals surface area contributed by atoms with E-state index in [0.29, 0.717) is 17.5 Å². The number of ether oxygens (including phenoxy) is 1. The molecular formula is C20H17NO5S. The predicted molar refractivity (Wildman–Crippen MR) is 95.6 cm³/mol. The maximum atomic E-state index is 13.5. The van der Waals surface area contributed by atoms with E-state index < -0.39 is 27.1 Å².